The first-order chi connectivity index (χ1) is 13.1. The fourth-order valence-corrected chi connectivity index (χ4v) is 5.13. The molecule has 0 spiro atoms. The summed E-state index contributed by atoms with van der Waals surface area (Å²) < 4.78 is 0. The van der Waals surface area contributed by atoms with Crippen molar-refractivity contribution in [1.29, 1.82) is 0 Å². The lowest BCUT2D eigenvalue weighted by molar-refractivity contribution is 0.547. The molecule has 0 saturated carbocycles. The van der Waals surface area contributed by atoms with E-state index < -0.39 is 0 Å². The molecular formula is C24H31NS2. The number of rotatable bonds is 9. The van der Waals surface area contributed by atoms with Gasteiger partial charge >= 0.3 is 0 Å². The maximum absolute atomic E-state index is 5.00. The van der Waals surface area contributed by atoms with Gasteiger partial charge in [0.25, 0.3) is 0 Å². The fraction of sp³-hybridized carbons (Fsp3) is 0.375. The lowest BCUT2D eigenvalue weighted by Gasteiger charge is -2.19. The summed E-state index contributed by atoms with van der Waals surface area (Å²) in [6.45, 7) is 9.08. The van der Waals surface area contributed by atoms with Crippen molar-refractivity contribution in [2.75, 3.05) is 0 Å². The standard InChI is InChI=1S/C24H31NS2/c1-5-12-23(17-19(2)3)27-24(25-21-13-8-6-9-14-21)20(4)18-26-22-15-10-7-11-16-22/h6-11,13-16,18-19,23H,5,12,17H2,1-4H3. The van der Waals surface area contributed by atoms with Crippen molar-refractivity contribution in [3.05, 3.63) is 71.6 Å². The van der Waals surface area contributed by atoms with Crippen LogP contribution in [-0.2, 0) is 0 Å². The van der Waals surface area contributed by atoms with E-state index in [0.29, 0.717) is 11.2 Å². The van der Waals surface area contributed by atoms with Crippen molar-refractivity contribution in [1.82, 2.24) is 0 Å². The molecule has 0 heterocycles. The van der Waals surface area contributed by atoms with E-state index >= 15 is 0 Å². The van der Waals surface area contributed by atoms with Gasteiger partial charge < -0.3 is 0 Å². The second-order valence-electron chi connectivity index (χ2n) is 7.14. The molecule has 2 aromatic rings. The normalized spacial score (nSPS) is 13.8. The summed E-state index contributed by atoms with van der Waals surface area (Å²) in [7, 11) is 0. The molecule has 0 fully saturated rings. The van der Waals surface area contributed by atoms with Gasteiger partial charge in [0.1, 0.15) is 5.04 Å². The SMILES string of the molecule is CCCC(CC(C)C)SC(=Nc1ccccc1)C(C)=CSc1ccccc1. The lowest BCUT2D eigenvalue weighted by atomic mass is 10.1. The fourth-order valence-electron chi connectivity index (χ4n) is 2.76. The number of para-hydroxylation sites is 1. The second-order valence-corrected chi connectivity index (χ2v) is 9.37. The van der Waals surface area contributed by atoms with Crippen molar-refractivity contribution in [2.45, 2.75) is 57.1 Å². The van der Waals surface area contributed by atoms with Crippen molar-refractivity contribution in [2.24, 2.45) is 10.9 Å². The van der Waals surface area contributed by atoms with E-state index in [1.807, 2.05) is 17.8 Å². The van der Waals surface area contributed by atoms with Gasteiger partial charge in [-0.3, -0.25) is 0 Å². The molecular weight excluding hydrogens is 366 g/mol. The van der Waals surface area contributed by atoms with Crippen LogP contribution in [-0.4, -0.2) is 10.3 Å². The molecule has 144 valence electrons. The van der Waals surface area contributed by atoms with Crippen LogP contribution in [0.5, 0.6) is 0 Å². The zero-order valence-corrected chi connectivity index (χ0v) is 18.5. The minimum absolute atomic E-state index is 0.613. The Labute approximate surface area is 173 Å². The van der Waals surface area contributed by atoms with Gasteiger partial charge in [-0.05, 0) is 60.9 Å². The Bertz CT molecular complexity index is 721. The van der Waals surface area contributed by atoms with Crippen LogP contribution in [0.2, 0.25) is 0 Å². The average Bonchev–Trinajstić information content (AvgIpc) is 2.67. The first kappa shape index (κ1) is 21.8. The van der Waals surface area contributed by atoms with Gasteiger partial charge in [0.2, 0.25) is 0 Å². The molecule has 0 amide bonds. The quantitative estimate of drug-likeness (QED) is 0.239. The van der Waals surface area contributed by atoms with Crippen LogP contribution in [0.4, 0.5) is 5.69 Å². The van der Waals surface area contributed by atoms with Crippen molar-refractivity contribution in [3.63, 3.8) is 0 Å². The molecule has 1 unspecified atom stereocenters. The topological polar surface area (TPSA) is 12.4 Å². The Balaban J connectivity index is 2.24. The molecule has 2 aromatic carbocycles. The zero-order chi connectivity index (χ0) is 19.5. The van der Waals surface area contributed by atoms with Gasteiger partial charge in [0.05, 0.1) is 5.69 Å². The molecule has 0 bridgehead atoms. The molecule has 1 atom stereocenters. The summed E-state index contributed by atoms with van der Waals surface area (Å²) in [5.41, 5.74) is 2.26. The highest BCUT2D eigenvalue weighted by molar-refractivity contribution is 8.15. The predicted octanol–water partition coefficient (Wildman–Crippen LogP) is 8.36. The third kappa shape index (κ3) is 8.40. The van der Waals surface area contributed by atoms with E-state index in [4.69, 9.17) is 4.99 Å². The third-order valence-electron chi connectivity index (χ3n) is 4.06. The number of thioether (sulfide) groups is 2. The van der Waals surface area contributed by atoms with Gasteiger partial charge in [0.15, 0.2) is 0 Å². The van der Waals surface area contributed by atoms with Crippen molar-refractivity contribution < 1.29 is 0 Å². The summed E-state index contributed by atoms with van der Waals surface area (Å²) in [4.78, 5) is 6.26. The summed E-state index contributed by atoms with van der Waals surface area (Å²) in [5.74, 6) is 0.704. The van der Waals surface area contributed by atoms with Gasteiger partial charge in [0, 0.05) is 10.1 Å². The maximum Gasteiger partial charge on any atom is 0.100 e. The average molecular weight is 398 g/mol. The minimum Gasteiger partial charge on any atom is -0.242 e. The molecule has 3 heteroatoms. The van der Waals surface area contributed by atoms with E-state index in [0.717, 1.165) is 10.7 Å². The molecule has 0 aliphatic carbocycles. The Morgan fingerprint density at radius 1 is 1.00 bits per heavy atom. The number of benzene rings is 2. The molecule has 27 heavy (non-hydrogen) atoms. The van der Waals surface area contributed by atoms with Crippen LogP contribution in [0.25, 0.3) is 0 Å². The van der Waals surface area contributed by atoms with Crippen LogP contribution in [0.3, 0.4) is 0 Å². The van der Waals surface area contributed by atoms with Crippen LogP contribution in [0.1, 0.15) is 47.0 Å². The first-order valence-corrected chi connectivity index (χ1v) is 11.5. The highest BCUT2D eigenvalue weighted by Gasteiger charge is 2.16. The van der Waals surface area contributed by atoms with Crippen LogP contribution >= 0.6 is 23.5 Å². The van der Waals surface area contributed by atoms with Gasteiger partial charge in [-0.15, -0.1) is 11.8 Å². The summed E-state index contributed by atoms with van der Waals surface area (Å²) in [5, 5.41) is 3.99. The summed E-state index contributed by atoms with van der Waals surface area (Å²) in [6, 6.07) is 20.8. The first-order valence-electron chi connectivity index (χ1n) is 9.77. The van der Waals surface area contributed by atoms with E-state index in [-0.39, 0.29) is 0 Å². The van der Waals surface area contributed by atoms with E-state index in [1.54, 1.807) is 11.8 Å². The molecule has 0 aromatic heterocycles. The van der Waals surface area contributed by atoms with E-state index in [2.05, 4.69) is 87.7 Å². The van der Waals surface area contributed by atoms with Gasteiger partial charge in [-0.25, -0.2) is 4.99 Å². The number of aliphatic imine (C=N–C) groups is 1. The largest absolute Gasteiger partial charge is 0.242 e. The number of hydrogen-bond acceptors (Lipinski definition) is 3. The predicted molar refractivity (Wildman–Crippen MR) is 125 cm³/mol. The Kier molecular flexibility index (Phi) is 9.79. The monoisotopic (exact) mass is 397 g/mol. The molecule has 0 aliphatic heterocycles. The lowest BCUT2D eigenvalue weighted by Crippen LogP contribution is -2.11. The molecule has 0 radical (unpaired) electrons. The van der Waals surface area contributed by atoms with Crippen molar-refractivity contribution in [3.8, 4) is 0 Å². The second kappa shape index (κ2) is 12.1. The van der Waals surface area contributed by atoms with E-state index in [9.17, 15) is 0 Å². The van der Waals surface area contributed by atoms with Crippen molar-refractivity contribution >= 4 is 34.3 Å². The molecule has 0 saturated heterocycles. The minimum atomic E-state index is 0.613. The number of nitrogens with zero attached hydrogens (tertiary/aromatic N) is 1. The highest BCUT2D eigenvalue weighted by atomic mass is 32.2. The molecule has 2 rings (SSSR count). The summed E-state index contributed by atoms with van der Waals surface area (Å²) in [6.07, 6.45) is 3.67. The molecule has 0 N–H and O–H groups in total. The van der Waals surface area contributed by atoms with Gasteiger partial charge in [-0.1, -0.05) is 75.4 Å². The van der Waals surface area contributed by atoms with Crippen LogP contribution < -0.4 is 0 Å². The number of hydrogen-bond donors (Lipinski definition) is 0. The van der Waals surface area contributed by atoms with Gasteiger partial charge in [-0.2, -0.15) is 0 Å². The maximum atomic E-state index is 5.00. The third-order valence-corrected chi connectivity index (χ3v) is 6.48. The Morgan fingerprint density at radius 3 is 2.22 bits per heavy atom. The molecule has 1 nitrogen and oxygen atoms in total. The smallest absolute Gasteiger partial charge is 0.100 e. The highest BCUT2D eigenvalue weighted by Crippen LogP contribution is 2.31. The molecule has 0 aliphatic rings. The summed E-state index contributed by atoms with van der Waals surface area (Å²) >= 11 is 3.71. The zero-order valence-electron chi connectivity index (χ0n) is 16.9. The Morgan fingerprint density at radius 2 is 1.63 bits per heavy atom. The Hall–Kier alpha value is -1.45. The van der Waals surface area contributed by atoms with Crippen LogP contribution in [0, 0.1) is 5.92 Å². The van der Waals surface area contributed by atoms with Crippen LogP contribution in [0.15, 0.2) is 81.5 Å². The van der Waals surface area contributed by atoms with E-state index in [1.165, 1.54) is 29.7 Å².